The molecule has 1 saturated heterocycles. The van der Waals surface area contributed by atoms with Crippen molar-refractivity contribution in [1.29, 1.82) is 0 Å². The fraction of sp³-hybridized carbons (Fsp3) is 0.500. The van der Waals surface area contributed by atoms with Crippen LogP contribution in [0.4, 0.5) is 0 Å². The summed E-state index contributed by atoms with van der Waals surface area (Å²) in [5.74, 6) is -0.212. The molecule has 1 aromatic rings. The zero-order valence-corrected chi connectivity index (χ0v) is 14.3. The van der Waals surface area contributed by atoms with Gasteiger partial charge in [-0.15, -0.1) is 0 Å². The first-order valence-corrected chi connectivity index (χ1v) is 8.33. The molecule has 126 valence electrons. The molecule has 0 bridgehead atoms. The largest absolute Gasteiger partial charge is 0.494 e. The SMILES string of the molecule is O=C(O)CC1COCCN1C(=O)CCCOc1cccc(Br)c1. The molecule has 1 unspecified atom stereocenters. The molecule has 7 heteroatoms. The van der Waals surface area contributed by atoms with E-state index >= 15 is 0 Å². The number of nitrogens with zero attached hydrogens (tertiary/aromatic N) is 1. The van der Waals surface area contributed by atoms with Crippen LogP contribution in [0.5, 0.6) is 5.75 Å². The third-order valence-electron chi connectivity index (χ3n) is 3.56. The minimum Gasteiger partial charge on any atom is -0.494 e. The number of halogens is 1. The minimum absolute atomic E-state index is 0.0441. The standard InChI is InChI=1S/C16H20BrNO5/c17-12-3-1-4-14(9-12)23-7-2-5-15(19)18-6-8-22-11-13(18)10-16(20)21/h1,3-4,9,13H,2,5-8,10-11H2,(H,20,21). The fourth-order valence-electron chi connectivity index (χ4n) is 2.47. The van der Waals surface area contributed by atoms with Gasteiger partial charge in [0.2, 0.25) is 5.91 Å². The highest BCUT2D eigenvalue weighted by atomic mass is 79.9. The number of morpholine rings is 1. The highest BCUT2D eigenvalue weighted by molar-refractivity contribution is 9.10. The minimum atomic E-state index is -0.920. The second-order valence-electron chi connectivity index (χ2n) is 5.32. The molecular formula is C16H20BrNO5. The highest BCUT2D eigenvalue weighted by Gasteiger charge is 2.28. The molecule has 0 radical (unpaired) electrons. The lowest BCUT2D eigenvalue weighted by molar-refractivity contribution is -0.146. The topological polar surface area (TPSA) is 76.1 Å². The van der Waals surface area contributed by atoms with E-state index in [2.05, 4.69) is 15.9 Å². The third kappa shape index (κ3) is 5.84. The predicted molar refractivity (Wildman–Crippen MR) is 87.4 cm³/mol. The molecule has 1 heterocycles. The van der Waals surface area contributed by atoms with Crippen LogP contribution >= 0.6 is 15.9 Å². The monoisotopic (exact) mass is 385 g/mol. The molecule has 1 amide bonds. The molecule has 0 aliphatic carbocycles. The highest BCUT2D eigenvalue weighted by Crippen LogP contribution is 2.18. The van der Waals surface area contributed by atoms with Crippen molar-refractivity contribution in [3.8, 4) is 5.75 Å². The predicted octanol–water partition coefficient (Wildman–Crippen LogP) is 2.31. The van der Waals surface area contributed by atoms with Crippen molar-refractivity contribution in [2.24, 2.45) is 0 Å². The average molecular weight is 386 g/mol. The van der Waals surface area contributed by atoms with Crippen LogP contribution in [-0.4, -0.2) is 54.3 Å². The Hall–Kier alpha value is -1.60. The molecule has 1 aliphatic rings. The van der Waals surface area contributed by atoms with E-state index in [1.165, 1.54) is 0 Å². The van der Waals surface area contributed by atoms with Gasteiger partial charge in [-0.2, -0.15) is 0 Å². The number of carbonyl (C=O) groups excluding carboxylic acids is 1. The van der Waals surface area contributed by atoms with Gasteiger partial charge in [0.05, 0.1) is 32.3 Å². The Balaban J connectivity index is 1.75. The summed E-state index contributed by atoms with van der Waals surface area (Å²) in [7, 11) is 0. The summed E-state index contributed by atoms with van der Waals surface area (Å²) in [4.78, 5) is 24.8. The van der Waals surface area contributed by atoms with Crippen molar-refractivity contribution in [2.45, 2.75) is 25.3 Å². The molecule has 6 nitrogen and oxygen atoms in total. The molecule has 0 aromatic heterocycles. The van der Waals surface area contributed by atoms with Crippen molar-refractivity contribution in [3.05, 3.63) is 28.7 Å². The van der Waals surface area contributed by atoms with Crippen LogP contribution in [0.15, 0.2) is 28.7 Å². The van der Waals surface area contributed by atoms with E-state index in [4.69, 9.17) is 14.6 Å². The van der Waals surface area contributed by atoms with Crippen LogP contribution in [0.3, 0.4) is 0 Å². The van der Waals surface area contributed by atoms with Gasteiger partial charge in [0.1, 0.15) is 5.75 Å². The number of amides is 1. The Bertz CT molecular complexity index is 551. The van der Waals surface area contributed by atoms with Crippen molar-refractivity contribution in [3.63, 3.8) is 0 Å². The number of hydrogen-bond acceptors (Lipinski definition) is 4. The number of benzene rings is 1. The molecule has 0 spiro atoms. The van der Waals surface area contributed by atoms with Gasteiger partial charge in [-0.05, 0) is 24.6 Å². The van der Waals surface area contributed by atoms with Crippen molar-refractivity contribution in [1.82, 2.24) is 4.90 Å². The number of hydrogen-bond donors (Lipinski definition) is 1. The summed E-state index contributed by atoms with van der Waals surface area (Å²) in [6.45, 7) is 1.63. The maximum Gasteiger partial charge on any atom is 0.305 e. The Morgan fingerprint density at radius 2 is 2.26 bits per heavy atom. The Kier molecular flexibility index (Phi) is 6.85. The quantitative estimate of drug-likeness (QED) is 0.728. The summed E-state index contributed by atoms with van der Waals surface area (Å²) in [5.41, 5.74) is 0. The van der Waals surface area contributed by atoms with Gasteiger partial charge in [-0.25, -0.2) is 0 Å². The molecule has 23 heavy (non-hydrogen) atoms. The molecule has 1 fully saturated rings. The second kappa shape index (κ2) is 8.88. The van der Waals surface area contributed by atoms with Crippen LogP contribution in [0, 0.1) is 0 Å². The number of ether oxygens (including phenoxy) is 2. The molecule has 1 aromatic carbocycles. The summed E-state index contributed by atoms with van der Waals surface area (Å²) in [6, 6.07) is 7.15. The summed E-state index contributed by atoms with van der Waals surface area (Å²) in [6.07, 6.45) is 0.840. The maximum absolute atomic E-state index is 12.3. The van der Waals surface area contributed by atoms with Gasteiger partial charge in [0.15, 0.2) is 0 Å². The van der Waals surface area contributed by atoms with E-state index in [1.807, 2.05) is 24.3 Å². The van der Waals surface area contributed by atoms with E-state index in [1.54, 1.807) is 4.90 Å². The second-order valence-corrected chi connectivity index (χ2v) is 6.24. The van der Waals surface area contributed by atoms with Crippen LogP contribution < -0.4 is 4.74 Å². The summed E-state index contributed by atoms with van der Waals surface area (Å²) >= 11 is 3.37. The first-order chi connectivity index (χ1) is 11.1. The van der Waals surface area contributed by atoms with E-state index < -0.39 is 5.97 Å². The molecule has 0 saturated carbocycles. The Labute approximate surface area is 143 Å². The van der Waals surface area contributed by atoms with E-state index in [-0.39, 0.29) is 25.0 Å². The fourth-order valence-corrected chi connectivity index (χ4v) is 2.85. The van der Waals surface area contributed by atoms with Gasteiger partial charge < -0.3 is 19.5 Å². The van der Waals surface area contributed by atoms with Crippen LogP contribution in [-0.2, 0) is 14.3 Å². The van der Waals surface area contributed by atoms with Gasteiger partial charge in [0, 0.05) is 17.4 Å². The number of carboxylic acid groups (broad SMARTS) is 1. The summed E-state index contributed by atoms with van der Waals surface area (Å²) < 4.78 is 11.8. The van der Waals surface area contributed by atoms with Crippen molar-refractivity contribution < 1.29 is 24.2 Å². The smallest absolute Gasteiger partial charge is 0.305 e. The zero-order chi connectivity index (χ0) is 16.7. The van der Waals surface area contributed by atoms with E-state index in [9.17, 15) is 9.59 Å². The first kappa shape index (κ1) is 17.7. The lowest BCUT2D eigenvalue weighted by atomic mass is 10.1. The third-order valence-corrected chi connectivity index (χ3v) is 4.05. The van der Waals surface area contributed by atoms with Crippen molar-refractivity contribution in [2.75, 3.05) is 26.4 Å². The Morgan fingerprint density at radius 1 is 1.43 bits per heavy atom. The number of carboxylic acids is 1. The van der Waals surface area contributed by atoms with Gasteiger partial charge in [0.25, 0.3) is 0 Å². The first-order valence-electron chi connectivity index (χ1n) is 7.53. The number of aliphatic carboxylic acids is 1. The van der Waals surface area contributed by atoms with Crippen molar-refractivity contribution >= 4 is 27.8 Å². The van der Waals surface area contributed by atoms with E-state index in [0.717, 1.165) is 10.2 Å². The normalized spacial score (nSPS) is 17.8. The van der Waals surface area contributed by atoms with Gasteiger partial charge in [-0.1, -0.05) is 22.0 Å². The number of carbonyl (C=O) groups is 2. The van der Waals surface area contributed by atoms with Crippen LogP contribution in [0.1, 0.15) is 19.3 Å². The zero-order valence-electron chi connectivity index (χ0n) is 12.7. The molecule has 2 rings (SSSR count). The van der Waals surface area contributed by atoms with Crippen LogP contribution in [0.2, 0.25) is 0 Å². The molecular weight excluding hydrogens is 366 g/mol. The van der Waals surface area contributed by atoms with E-state index in [0.29, 0.717) is 32.6 Å². The number of rotatable bonds is 7. The molecule has 1 aliphatic heterocycles. The maximum atomic E-state index is 12.3. The summed E-state index contributed by atoms with van der Waals surface area (Å²) in [5, 5.41) is 8.91. The van der Waals surface area contributed by atoms with Gasteiger partial charge >= 0.3 is 5.97 Å². The van der Waals surface area contributed by atoms with Crippen LogP contribution in [0.25, 0.3) is 0 Å². The lowest BCUT2D eigenvalue weighted by Crippen LogP contribution is -2.49. The Morgan fingerprint density at radius 3 is 3.00 bits per heavy atom. The molecule has 1 N–H and O–H groups in total. The molecule has 1 atom stereocenters. The average Bonchev–Trinajstić information content (AvgIpc) is 2.51. The lowest BCUT2D eigenvalue weighted by Gasteiger charge is -2.34. The van der Waals surface area contributed by atoms with Gasteiger partial charge in [-0.3, -0.25) is 9.59 Å².